The van der Waals surface area contributed by atoms with Crippen LogP contribution < -0.4 is 10.6 Å². The second-order valence-electron chi connectivity index (χ2n) is 6.53. The molecule has 1 rings (SSSR count). The van der Waals surface area contributed by atoms with Crippen molar-refractivity contribution in [1.29, 1.82) is 0 Å². The molecular formula is C15H29N3O2S. The van der Waals surface area contributed by atoms with E-state index in [1.54, 1.807) is 7.05 Å². The number of nitrogens with one attached hydrogen (secondary N) is 2. The SMILES string of the molecule is CNCC(=O)NC(C)CCSC1CC(C)(C)C(C)N1C=O. The molecule has 2 N–H and O–H groups in total. The third-order valence-corrected chi connectivity index (χ3v) is 5.61. The Balaban J connectivity index is 2.35. The highest BCUT2D eigenvalue weighted by molar-refractivity contribution is 7.99. The zero-order valence-electron chi connectivity index (χ0n) is 13.8. The molecule has 2 amide bonds. The maximum atomic E-state index is 11.5. The Bertz CT molecular complexity index is 363. The van der Waals surface area contributed by atoms with E-state index in [2.05, 4.69) is 31.4 Å². The number of nitrogens with zero attached hydrogens (tertiary/aromatic N) is 1. The first kappa shape index (κ1) is 18.3. The molecule has 6 heteroatoms. The van der Waals surface area contributed by atoms with Gasteiger partial charge in [-0.25, -0.2) is 0 Å². The number of carbonyl (C=O) groups is 2. The maximum Gasteiger partial charge on any atom is 0.234 e. The monoisotopic (exact) mass is 315 g/mol. The zero-order chi connectivity index (χ0) is 16.0. The Morgan fingerprint density at radius 3 is 2.76 bits per heavy atom. The summed E-state index contributed by atoms with van der Waals surface area (Å²) in [5.41, 5.74) is 0.172. The van der Waals surface area contributed by atoms with Gasteiger partial charge in [0.1, 0.15) is 0 Å². The Kier molecular flexibility index (Phi) is 7.00. The van der Waals surface area contributed by atoms with E-state index in [-0.39, 0.29) is 28.8 Å². The van der Waals surface area contributed by atoms with Crippen LogP contribution in [0.4, 0.5) is 0 Å². The molecule has 0 aromatic carbocycles. The minimum Gasteiger partial charge on any atom is -0.353 e. The number of amides is 2. The van der Waals surface area contributed by atoms with Crippen LogP contribution in [-0.4, -0.2) is 54.0 Å². The second kappa shape index (κ2) is 8.03. The predicted molar refractivity (Wildman–Crippen MR) is 88.2 cm³/mol. The Labute approximate surface area is 132 Å². The summed E-state index contributed by atoms with van der Waals surface area (Å²) in [6.07, 6.45) is 2.92. The number of likely N-dealkylation sites (tertiary alicyclic amines) is 1. The predicted octanol–water partition coefficient (Wildman–Crippen LogP) is 1.44. The number of rotatable bonds is 8. The molecule has 0 spiro atoms. The lowest BCUT2D eigenvalue weighted by Crippen LogP contribution is -2.38. The van der Waals surface area contributed by atoms with Gasteiger partial charge in [-0.05, 0) is 44.9 Å². The molecule has 1 heterocycles. The van der Waals surface area contributed by atoms with Gasteiger partial charge >= 0.3 is 0 Å². The molecule has 0 saturated carbocycles. The van der Waals surface area contributed by atoms with Crippen molar-refractivity contribution in [3.8, 4) is 0 Å². The summed E-state index contributed by atoms with van der Waals surface area (Å²) in [4.78, 5) is 24.7. The van der Waals surface area contributed by atoms with Crippen LogP contribution in [-0.2, 0) is 9.59 Å². The average Bonchev–Trinajstić information content (AvgIpc) is 2.59. The minimum atomic E-state index is 0.0279. The highest BCUT2D eigenvalue weighted by atomic mass is 32.2. The number of likely N-dealkylation sites (N-methyl/N-ethyl adjacent to an activating group) is 1. The third-order valence-electron chi connectivity index (χ3n) is 4.34. The first-order valence-corrected chi connectivity index (χ1v) is 8.65. The summed E-state index contributed by atoms with van der Waals surface area (Å²) in [5, 5.41) is 6.05. The van der Waals surface area contributed by atoms with Crippen LogP contribution >= 0.6 is 11.8 Å². The number of hydrogen-bond acceptors (Lipinski definition) is 4. The van der Waals surface area contributed by atoms with Gasteiger partial charge in [0.25, 0.3) is 0 Å². The van der Waals surface area contributed by atoms with Crippen LogP contribution in [0.1, 0.15) is 40.5 Å². The van der Waals surface area contributed by atoms with E-state index >= 15 is 0 Å². The van der Waals surface area contributed by atoms with Crippen molar-refractivity contribution in [2.45, 2.75) is 58.0 Å². The van der Waals surface area contributed by atoms with E-state index in [0.29, 0.717) is 6.54 Å². The van der Waals surface area contributed by atoms with Gasteiger partial charge in [-0.3, -0.25) is 9.59 Å². The first-order valence-electron chi connectivity index (χ1n) is 7.60. The molecule has 1 fully saturated rings. The lowest BCUT2D eigenvalue weighted by molar-refractivity contribution is -0.121. The summed E-state index contributed by atoms with van der Waals surface area (Å²) >= 11 is 1.82. The van der Waals surface area contributed by atoms with Gasteiger partial charge in [-0.15, -0.1) is 11.8 Å². The van der Waals surface area contributed by atoms with Crippen LogP contribution in [0.2, 0.25) is 0 Å². The number of thioether (sulfide) groups is 1. The van der Waals surface area contributed by atoms with Crippen molar-refractivity contribution in [2.75, 3.05) is 19.3 Å². The normalized spacial score (nSPS) is 25.7. The molecule has 3 atom stereocenters. The van der Waals surface area contributed by atoms with Gasteiger partial charge in [-0.1, -0.05) is 13.8 Å². The number of hydrogen-bond donors (Lipinski definition) is 2. The van der Waals surface area contributed by atoms with Crippen molar-refractivity contribution in [1.82, 2.24) is 15.5 Å². The molecule has 5 nitrogen and oxygen atoms in total. The standard InChI is InChI=1S/C15H29N3O2S/c1-11(17-13(20)9-16-5)6-7-21-14-8-15(3,4)12(2)18(14)10-19/h10-12,14,16H,6-9H2,1-5H3,(H,17,20). The van der Waals surface area contributed by atoms with Crippen LogP contribution in [0.3, 0.4) is 0 Å². The van der Waals surface area contributed by atoms with Crippen LogP contribution in [0.25, 0.3) is 0 Å². The fraction of sp³-hybridized carbons (Fsp3) is 0.867. The quantitative estimate of drug-likeness (QED) is 0.665. The largest absolute Gasteiger partial charge is 0.353 e. The molecule has 0 radical (unpaired) electrons. The van der Waals surface area contributed by atoms with Gasteiger partial charge in [0.2, 0.25) is 12.3 Å². The molecular weight excluding hydrogens is 286 g/mol. The minimum absolute atomic E-state index is 0.0279. The third kappa shape index (κ3) is 5.18. The molecule has 1 aliphatic rings. The van der Waals surface area contributed by atoms with Gasteiger partial charge in [0, 0.05) is 12.1 Å². The lowest BCUT2D eigenvalue weighted by atomic mass is 9.86. The maximum absolute atomic E-state index is 11.5. The molecule has 0 aromatic rings. The molecule has 1 aliphatic heterocycles. The van der Waals surface area contributed by atoms with Gasteiger partial charge in [-0.2, -0.15) is 0 Å². The van der Waals surface area contributed by atoms with E-state index in [4.69, 9.17) is 0 Å². The number of carbonyl (C=O) groups excluding carboxylic acids is 2. The van der Waals surface area contributed by atoms with Crippen molar-refractivity contribution >= 4 is 24.1 Å². The highest BCUT2D eigenvalue weighted by Gasteiger charge is 2.43. The Morgan fingerprint density at radius 2 is 2.19 bits per heavy atom. The van der Waals surface area contributed by atoms with E-state index < -0.39 is 0 Å². The van der Waals surface area contributed by atoms with E-state index in [1.165, 1.54) is 0 Å². The van der Waals surface area contributed by atoms with Gasteiger partial charge < -0.3 is 15.5 Å². The van der Waals surface area contributed by atoms with E-state index in [1.807, 2.05) is 23.6 Å². The molecule has 3 unspecified atom stereocenters. The Hall–Kier alpha value is -0.750. The fourth-order valence-electron chi connectivity index (χ4n) is 2.62. The van der Waals surface area contributed by atoms with Crippen LogP contribution in [0.15, 0.2) is 0 Å². The molecule has 21 heavy (non-hydrogen) atoms. The summed E-state index contributed by atoms with van der Waals surface area (Å²) in [7, 11) is 1.76. The molecule has 1 saturated heterocycles. The molecule has 0 bridgehead atoms. The average molecular weight is 315 g/mol. The summed E-state index contributed by atoms with van der Waals surface area (Å²) in [6.45, 7) is 8.93. The summed E-state index contributed by atoms with van der Waals surface area (Å²) < 4.78 is 0. The topological polar surface area (TPSA) is 61.4 Å². The van der Waals surface area contributed by atoms with Crippen molar-refractivity contribution in [3.63, 3.8) is 0 Å². The molecule has 0 aliphatic carbocycles. The summed E-state index contributed by atoms with van der Waals surface area (Å²) in [5.74, 6) is 0.971. The second-order valence-corrected chi connectivity index (χ2v) is 7.82. The zero-order valence-corrected chi connectivity index (χ0v) is 14.6. The smallest absolute Gasteiger partial charge is 0.234 e. The molecule has 0 aromatic heterocycles. The first-order chi connectivity index (χ1) is 9.81. The van der Waals surface area contributed by atoms with E-state index in [0.717, 1.165) is 25.0 Å². The van der Waals surface area contributed by atoms with Crippen molar-refractivity contribution < 1.29 is 9.59 Å². The van der Waals surface area contributed by atoms with Crippen molar-refractivity contribution in [3.05, 3.63) is 0 Å². The molecule has 122 valence electrons. The van der Waals surface area contributed by atoms with Gasteiger partial charge in [0.05, 0.1) is 11.9 Å². The highest BCUT2D eigenvalue weighted by Crippen LogP contribution is 2.43. The van der Waals surface area contributed by atoms with E-state index in [9.17, 15) is 9.59 Å². The van der Waals surface area contributed by atoms with Gasteiger partial charge in [0.15, 0.2) is 0 Å². The van der Waals surface area contributed by atoms with Crippen LogP contribution in [0, 0.1) is 5.41 Å². The summed E-state index contributed by atoms with van der Waals surface area (Å²) in [6, 6.07) is 0.440. The Morgan fingerprint density at radius 1 is 1.52 bits per heavy atom. The lowest BCUT2D eigenvalue weighted by Gasteiger charge is -2.27. The van der Waals surface area contributed by atoms with Crippen molar-refractivity contribution in [2.24, 2.45) is 5.41 Å². The van der Waals surface area contributed by atoms with Crippen LogP contribution in [0.5, 0.6) is 0 Å². The fourth-order valence-corrected chi connectivity index (χ4v) is 4.34.